The van der Waals surface area contributed by atoms with Crippen molar-refractivity contribution in [2.45, 2.75) is 51.6 Å². The van der Waals surface area contributed by atoms with Crippen LogP contribution in [0.1, 0.15) is 71.9 Å². The van der Waals surface area contributed by atoms with Gasteiger partial charge in [0.25, 0.3) is 11.8 Å². The number of hydrogen-bond donors (Lipinski definition) is 1. The maximum absolute atomic E-state index is 13.9. The van der Waals surface area contributed by atoms with Crippen molar-refractivity contribution in [1.29, 1.82) is 0 Å². The molecule has 1 aromatic heterocycles. The number of alkyl halides is 3. The maximum atomic E-state index is 13.9. The lowest BCUT2D eigenvalue weighted by Crippen LogP contribution is -2.51. The molecule has 2 aromatic carbocycles. The number of piperazine rings is 1. The topological polar surface area (TPSA) is 122 Å². The van der Waals surface area contributed by atoms with Gasteiger partial charge in [0, 0.05) is 31.7 Å². The number of sulfonamides is 1. The Kier molecular flexibility index (Phi) is 9.02. The minimum atomic E-state index is -4.65. The van der Waals surface area contributed by atoms with E-state index in [9.17, 15) is 31.2 Å². The summed E-state index contributed by atoms with van der Waals surface area (Å²) in [6.07, 6.45) is 1.66. The van der Waals surface area contributed by atoms with E-state index in [1.807, 2.05) is 11.8 Å². The number of carbonyl (C=O) groups is 2. The molecule has 1 saturated heterocycles. The van der Waals surface area contributed by atoms with Crippen molar-refractivity contribution in [3.63, 3.8) is 0 Å². The van der Waals surface area contributed by atoms with Crippen LogP contribution in [0, 0.1) is 23.2 Å². The van der Waals surface area contributed by atoms with Crippen LogP contribution in [0.25, 0.3) is 11.1 Å². The molecule has 5 aliphatic rings. The number of amides is 2. The second-order valence-electron chi connectivity index (χ2n) is 14.4. The fraction of sp³-hybridized carbons (Fsp3) is 0.500. The summed E-state index contributed by atoms with van der Waals surface area (Å²) in [6, 6.07) is 13.1. The molecule has 3 aromatic rings. The first-order valence-electron chi connectivity index (χ1n) is 17.2. The van der Waals surface area contributed by atoms with E-state index in [0.717, 1.165) is 31.4 Å². The number of halogens is 3. The zero-order valence-corrected chi connectivity index (χ0v) is 28.6. The summed E-state index contributed by atoms with van der Waals surface area (Å²) in [5.41, 5.74) is -0.611. The van der Waals surface area contributed by atoms with Crippen LogP contribution in [-0.2, 0) is 16.2 Å². The van der Waals surface area contributed by atoms with Crippen LogP contribution in [0.4, 0.5) is 19.0 Å². The van der Waals surface area contributed by atoms with Gasteiger partial charge < -0.3 is 14.5 Å². The van der Waals surface area contributed by atoms with E-state index >= 15 is 0 Å². The van der Waals surface area contributed by atoms with Gasteiger partial charge in [-0.1, -0.05) is 12.1 Å². The molecule has 50 heavy (non-hydrogen) atoms. The molecular weight excluding hydrogens is 671 g/mol. The second-order valence-corrected chi connectivity index (χ2v) is 16.1. The molecule has 4 bridgehead atoms. The van der Waals surface area contributed by atoms with Crippen LogP contribution in [0.3, 0.4) is 0 Å². The lowest BCUT2D eigenvalue weighted by molar-refractivity contribution is -0.137. The van der Waals surface area contributed by atoms with E-state index in [-0.39, 0.29) is 41.1 Å². The molecule has 1 N–H and O–H groups in total. The SMILES string of the molecule is CCOc1cccc(-c2cc(C(=O)N3CCN(c4ccc(C(=O)NS(=O)(=O)CC56CC7CC(CC(C7)C5)C6)nn4)CC3)cc(C(F)(F)F)c2)c1. The molecule has 4 aliphatic carbocycles. The number of anilines is 1. The summed E-state index contributed by atoms with van der Waals surface area (Å²) in [5, 5.41) is 8.14. The van der Waals surface area contributed by atoms with E-state index in [2.05, 4.69) is 14.9 Å². The minimum Gasteiger partial charge on any atom is -0.494 e. The second kappa shape index (κ2) is 13.2. The van der Waals surface area contributed by atoms with Gasteiger partial charge in [-0.15, -0.1) is 10.2 Å². The molecule has 2 amide bonds. The first-order valence-corrected chi connectivity index (χ1v) is 18.8. The molecule has 266 valence electrons. The molecule has 10 nitrogen and oxygen atoms in total. The van der Waals surface area contributed by atoms with Gasteiger partial charge in [0.05, 0.1) is 17.9 Å². The average Bonchev–Trinajstić information content (AvgIpc) is 3.06. The third-order valence-corrected chi connectivity index (χ3v) is 12.2. The van der Waals surface area contributed by atoms with E-state index in [0.29, 0.717) is 54.6 Å². The van der Waals surface area contributed by atoms with E-state index in [1.165, 1.54) is 36.3 Å². The third-order valence-electron chi connectivity index (χ3n) is 10.7. The van der Waals surface area contributed by atoms with Crippen LogP contribution in [0.15, 0.2) is 54.6 Å². The quantitative estimate of drug-likeness (QED) is 0.296. The molecular formula is C36H40F3N5O5S. The van der Waals surface area contributed by atoms with Crippen molar-refractivity contribution in [3.8, 4) is 16.9 Å². The Morgan fingerprint density at radius 1 is 0.900 bits per heavy atom. The Bertz CT molecular complexity index is 1840. The van der Waals surface area contributed by atoms with Gasteiger partial charge in [-0.3, -0.25) is 9.59 Å². The standard InChI is InChI=1S/C36H40F3N5O5S/c1-2-49-30-5-3-4-26(18-30)27-15-28(17-29(16-27)36(37,38)39)34(46)44-10-8-43(9-11-44)32-7-6-31(40-41-32)33(45)42-50(47,48)22-35-19-23-12-24(20-35)14-25(13-23)21-35/h3-7,15-18,23-25H,2,8-14,19-22H2,1H3,(H,42,45). The van der Waals surface area contributed by atoms with Gasteiger partial charge in [-0.05, 0) is 122 Å². The number of ether oxygens (including phenoxy) is 1. The van der Waals surface area contributed by atoms with Gasteiger partial charge in [-0.25, -0.2) is 13.1 Å². The highest BCUT2D eigenvalue weighted by Crippen LogP contribution is 2.60. The number of aromatic nitrogens is 2. The van der Waals surface area contributed by atoms with E-state index in [1.54, 1.807) is 30.3 Å². The monoisotopic (exact) mass is 711 g/mol. The number of benzene rings is 2. The van der Waals surface area contributed by atoms with Crippen LogP contribution in [0.5, 0.6) is 5.75 Å². The van der Waals surface area contributed by atoms with E-state index < -0.39 is 33.6 Å². The third kappa shape index (κ3) is 7.31. The Morgan fingerprint density at radius 2 is 1.58 bits per heavy atom. The molecule has 4 saturated carbocycles. The van der Waals surface area contributed by atoms with Gasteiger partial charge in [0.15, 0.2) is 11.5 Å². The van der Waals surface area contributed by atoms with E-state index in [4.69, 9.17) is 4.74 Å². The molecule has 5 fully saturated rings. The van der Waals surface area contributed by atoms with Crippen LogP contribution in [-0.4, -0.2) is 73.9 Å². The summed E-state index contributed by atoms with van der Waals surface area (Å²) in [4.78, 5) is 29.8. The van der Waals surface area contributed by atoms with Crippen LogP contribution >= 0.6 is 0 Å². The number of nitrogens with one attached hydrogen (secondary N) is 1. The first-order chi connectivity index (χ1) is 23.8. The molecule has 0 spiro atoms. The van der Waals surface area contributed by atoms with Crippen molar-refractivity contribution in [3.05, 3.63) is 71.4 Å². The van der Waals surface area contributed by atoms with Gasteiger partial charge in [0.1, 0.15) is 5.75 Å². The highest BCUT2D eigenvalue weighted by atomic mass is 32.2. The van der Waals surface area contributed by atoms with Crippen LogP contribution < -0.4 is 14.4 Å². The van der Waals surface area contributed by atoms with Crippen molar-refractivity contribution in [2.24, 2.45) is 23.2 Å². The number of rotatable bonds is 9. The van der Waals surface area contributed by atoms with Crippen molar-refractivity contribution < 1.29 is 35.9 Å². The lowest BCUT2D eigenvalue weighted by Gasteiger charge is -2.56. The highest BCUT2D eigenvalue weighted by molar-refractivity contribution is 7.90. The zero-order valence-electron chi connectivity index (χ0n) is 27.8. The molecule has 8 rings (SSSR count). The normalized spacial score (nSPS) is 24.7. The fourth-order valence-electron chi connectivity index (χ4n) is 9.05. The van der Waals surface area contributed by atoms with Gasteiger partial charge in [-0.2, -0.15) is 13.2 Å². The van der Waals surface area contributed by atoms with Crippen LogP contribution in [0.2, 0.25) is 0 Å². The fourth-order valence-corrected chi connectivity index (χ4v) is 10.7. The molecule has 0 radical (unpaired) electrons. The number of carbonyl (C=O) groups excluding carboxylic acids is 2. The zero-order chi connectivity index (χ0) is 35.3. The molecule has 0 atom stereocenters. The number of hydrogen-bond acceptors (Lipinski definition) is 8. The Hall–Kier alpha value is -4.20. The summed E-state index contributed by atoms with van der Waals surface area (Å²) in [6.45, 7) is 3.30. The van der Waals surface area contributed by atoms with Gasteiger partial charge in [0.2, 0.25) is 10.0 Å². The molecule has 14 heteroatoms. The highest BCUT2D eigenvalue weighted by Gasteiger charge is 2.52. The summed E-state index contributed by atoms with van der Waals surface area (Å²) < 4.78 is 75.6. The lowest BCUT2D eigenvalue weighted by atomic mass is 9.50. The first kappa shape index (κ1) is 34.3. The van der Waals surface area contributed by atoms with Crippen molar-refractivity contribution in [2.75, 3.05) is 43.4 Å². The largest absolute Gasteiger partial charge is 0.494 e. The predicted octanol–water partition coefficient (Wildman–Crippen LogP) is 5.80. The predicted molar refractivity (Wildman–Crippen MR) is 180 cm³/mol. The van der Waals surface area contributed by atoms with Crippen molar-refractivity contribution in [1.82, 2.24) is 19.8 Å². The number of nitrogens with zero attached hydrogens (tertiary/aromatic N) is 4. The van der Waals surface area contributed by atoms with Crippen molar-refractivity contribution >= 4 is 27.7 Å². The summed E-state index contributed by atoms with van der Waals surface area (Å²) in [5.74, 6) is 1.32. The van der Waals surface area contributed by atoms with Gasteiger partial charge >= 0.3 is 6.18 Å². The maximum Gasteiger partial charge on any atom is 0.416 e. The molecule has 1 aliphatic heterocycles. The Morgan fingerprint density at radius 3 is 2.18 bits per heavy atom. The Balaban J connectivity index is 0.977. The summed E-state index contributed by atoms with van der Waals surface area (Å²) >= 11 is 0. The molecule has 0 unspecified atom stereocenters. The average molecular weight is 712 g/mol. The minimum absolute atomic E-state index is 0.0489. The summed E-state index contributed by atoms with van der Waals surface area (Å²) in [7, 11) is -3.88. The molecule has 2 heterocycles. The smallest absolute Gasteiger partial charge is 0.416 e. The Labute approximate surface area is 289 Å².